The number of nitrogens with zero attached hydrogens (tertiary/aromatic N) is 1. The van der Waals surface area contributed by atoms with E-state index in [0.29, 0.717) is 30.1 Å². The molecule has 0 saturated heterocycles. The van der Waals surface area contributed by atoms with Crippen molar-refractivity contribution in [2.45, 2.75) is 6.92 Å². The van der Waals surface area contributed by atoms with Gasteiger partial charge in [0.1, 0.15) is 5.69 Å². The van der Waals surface area contributed by atoms with E-state index in [4.69, 9.17) is 9.47 Å². The molecule has 1 heterocycles. The maximum atomic E-state index is 10.4. The summed E-state index contributed by atoms with van der Waals surface area (Å²) in [6, 6.07) is 1.55. The first kappa shape index (κ1) is 9.51. The minimum Gasteiger partial charge on any atom is -0.491 e. The second-order valence-corrected chi connectivity index (χ2v) is 2.31. The van der Waals surface area contributed by atoms with Crippen molar-refractivity contribution in [3.8, 4) is 11.5 Å². The molecule has 0 spiro atoms. The standard InChI is InChI=1S/C9H11NO3/c1-3-13-8-4-7(6-11)10-5-9(8)12-2/h4-6H,3H2,1-2H3. The summed E-state index contributed by atoms with van der Waals surface area (Å²) in [6.07, 6.45) is 2.14. The van der Waals surface area contributed by atoms with Gasteiger partial charge >= 0.3 is 0 Å². The van der Waals surface area contributed by atoms with Crippen LogP contribution in [0.25, 0.3) is 0 Å². The Morgan fingerprint density at radius 1 is 1.54 bits per heavy atom. The molecule has 1 rings (SSSR count). The first-order valence-electron chi connectivity index (χ1n) is 3.93. The molecule has 0 unspecified atom stereocenters. The van der Waals surface area contributed by atoms with Gasteiger partial charge in [-0.3, -0.25) is 4.79 Å². The summed E-state index contributed by atoms with van der Waals surface area (Å²) < 4.78 is 10.2. The number of ether oxygens (including phenoxy) is 2. The second kappa shape index (κ2) is 4.45. The Morgan fingerprint density at radius 3 is 2.85 bits per heavy atom. The van der Waals surface area contributed by atoms with Crippen molar-refractivity contribution < 1.29 is 14.3 Å². The van der Waals surface area contributed by atoms with Gasteiger partial charge in [-0.2, -0.15) is 0 Å². The Kier molecular flexibility index (Phi) is 3.25. The molecule has 70 valence electrons. The summed E-state index contributed by atoms with van der Waals surface area (Å²) in [5, 5.41) is 0. The predicted molar refractivity (Wildman–Crippen MR) is 47.3 cm³/mol. The molecule has 0 radical (unpaired) electrons. The van der Waals surface area contributed by atoms with Gasteiger partial charge in [0.25, 0.3) is 0 Å². The molecule has 0 saturated carbocycles. The third kappa shape index (κ3) is 2.18. The molecule has 0 aliphatic heterocycles. The summed E-state index contributed by atoms with van der Waals surface area (Å²) in [5.74, 6) is 1.08. The van der Waals surface area contributed by atoms with E-state index in [1.54, 1.807) is 6.07 Å². The predicted octanol–water partition coefficient (Wildman–Crippen LogP) is 1.30. The van der Waals surface area contributed by atoms with E-state index in [2.05, 4.69) is 4.98 Å². The fourth-order valence-corrected chi connectivity index (χ4v) is 0.926. The van der Waals surface area contributed by atoms with Crippen LogP contribution >= 0.6 is 0 Å². The molecule has 0 aliphatic rings. The monoisotopic (exact) mass is 181 g/mol. The van der Waals surface area contributed by atoms with Gasteiger partial charge in [0.05, 0.1) is 19.9 Å². The highest BCUT2D eigenvalue weighted by molar-refractivity contribution is 5.73. The third-order valence-electron chi connectivity index (χ3n) is 1.49. The quantitative estimate of drug-likeness (QED) is 0.657. The third-order valence-corrected chi connectivity index (χ3v) is 1.49. The van der Waals surface area contributed by atoms with E-state index in [1.807, 2.05) is 6.92 Å². The molecule has 0 N–H and O–H groups in total. The van der Waals surface area contributed by atoms with Crippen molar-refractivity contribution in [2.24, 2.45) is 0 Å². The van der Waals surface area contributed by atoms with Crippen LogP contribution < -0.4 is 9.47 Å². The van der Waals surface area contributed by atoms with Crippen LogP contribution in [0.3, 0.4) is 0 Å². The van der Waals surface area contributed by atoms with Gasteiger partial charge in [0.2, 0.25) is 0 Å². The highest BCUT2D eigenvalue weighted by Gasteiger charge is 2.05. The van der Waals surface area contributed by atoms with Crippen molar-refractivity contribution in [3.63, 3.8) is 0 Å². The Hall–Kier alpha value is -1.58. The van der Waals surface area contributed by atoms with Crippen LogP contribution in [-0.4, -0.2) is 25.0 Å². The summed E-state index contributed by atoms with van der Waals surface area (Å²) in [4.78, 5) is 14.2. The first-order chi connectivity index (χ1) is 6.31. The number of hydrogen-bond acceptors (Lipinski definition) is 4. The largest absolute Gasteiger partial charge is 0.491 e. The summed E-state index contributed by atoms with van der Waals surface area (Å²) in [7, 11) is 1.53. The number of aromatic nitrogens is 1. The zero-order valence-electron chi connectivity index (χ0n) is 7.61. The van der Waals surface area contributed by atoms with Gasteiger partial charge in [-0.05, 0) is 6.92 Å². The number of hydrogen-bond donors (Lipinski definition) is 0. The van der Waals surface area contributed by atoms with Gasteiger partial charge in [-0.15, -0.1) is 0 Å². The Bertz CT molecular complexity index is 299. The average molecular weight is 181 g/mol. The van der Waals surface area contributed by atoms with E-state index >= 15 is 0 Å². The van der Waals surface area contributed by atoms with Crippen molar-refractivity contribution in [1.82, 2.24) is 4.98 Å². The molecule has 0 bridgehead atoms. The fourth-order valence-electron chi connectivity index (χ4n) is 0.926. The molecule has 4 heteroatoms. The Morgan fingerprint density at radius 2 is 2.31 bits per heavy atom. The van der Waals surface area contributed by atoms with Crippen LogP contribution in [-0.2, 0) is 0 Å². The molecular weight excluding hydrogens is 170 g/mol. The molecule has 1 aromatic rings. The Labute approximate surface area is 76.5 Å². The smallest absolute Gasteiger partial charge is 0.179 e. The average Bonchev–Trinajstić information content (AvgIpc) is 2.18. The van der Waals surface area contributed by atoms with Gasteiger partial charge in [0.15, 0.2) is 17.8 Å². The number of rotatable bonds is 4. The normalized spacial score (nSPS) is 9.38. The molecule has 0 atom stereocenters. The van der Waals surface area contributed by atoms with E-state index < -0.39 is 0 Å². The molecule has 13 heavy (non-hydrogen) atoms. The lowest BCUT2D eigenvalue weighted by Crippen LogP contribution is -1.97. The highest BCUT2D eigenvalue weighted by atomic mass is 16.5. The van der Waals surface area contributed by atoms with Crippen LogP contribution in [0.5, 0.6) is 11.5 Å². The van der Waals surface area contributed by atoms with Crippen LogP contribution in [0.1, 0.15) is 17.4 Å². The van der Waals surface area contributed by atoms with Crippen molar-refractivity contribution in [3.05, 3.63) is 18.0 Å². The van der Waals surface area contributed by atoms with Crippen molar-refractivity contribution in [2.75, 3.05) is 13.7 Å². The molecule has 1 aromatic heterocycles. The van der Waals surface area contributed by atoms with Gasteiger partial charge < -0.3 is 9.47 Å². The number of carbonyl (C=O) groups is 1. The van der Waals surface area contributed by atoms with Crippen LogP contribution in [0.4, 0.5) is 0 Å². The lowest BCUT2D eigenvalue weighted by molar-refractivity contribution is 0.111. The lowest BCUT2D eigenvalue weighted by atomic mass is 10.3. The van der Waals surface area contributed by atoms with Gasteiger partial charge in [0, 0.05) is 6.07 Å². The Balaban J connectivity index is 3.02. The van der Waals surface area contributed by atoms with E-state index in [1.165, 1.54) is 13.3 Å². The minimum atomic E-state index is 0.337. The van der Waals surface area contributed by atoms with E-state index in [9.17, 15) is 4.79 Å². The van der Waals surface area contributed by atoms with E-state index in [0.717, 1.165) is 0 Å². The summed E-state index contributed by atoms with van der Waals surface area (Å²) in [5.41, 5.74) is 0.337. The fraction of sp³-hybridized carbons (Fsp3) is 0.333. The zero-order valence-corrected chi connectivity index (χ0v) is 7.61. The maximum absolute atomic E-state index is 10.4. The first-order valence-corrected chi connectivity index (χ1v) is 3.93. The summed E-state index contributed by atoms with van der Waals surface area (Å²) >= 11 is 0. The highest BCUT2D eigenvalue weighted by Crippen LogP contribution is 2.25. The molecule has 0 amide bonds. The van der Waals surface area contributed by atoms with Gasteiger partial charge in [-0.1, -0.05) is 0 Å². The second-order valence-electron chi connectivity index (χ2n) is 2.31. The molecular formula is C9H11NO3. The van der Waals surface area contributed by atoms with Crippen LogP contribution in [0.2, 0.25) is 0 Å². The van der Waals surface area contributed by atoms with Crippen LogP contribution in [0, 0.1) is 0 Å². The number of aldehydes is 1. The van der Waals surface area contributed by atoms with E-state index in [-0.39, 0.29) is 0 Å². The SMILES string of the molecule is CCOc1cc(C=O)ncc1OC. The number of methoxy groups -OCH3 is 1. The molecule has 4 nitrogen and oxygen atoms in total. The zero-order chi connectivity index (χ0) is 9.68. The number of pyridine rings is 1. The molecule has 0 aliphatic carbocycles. The van der Waals surface area contributed by atoms with Crippen LogP contribution in [0.15, 0.2) is 12.3 Å². The van der Waals surface area contributed by atoms with Gasteiger partial charge in [-0.25, -0.2) is 4.98 Å². The minimum absolute atomic E-state index is 0.337. The summed E-state index contributed by atoms with van der Waals surface area (Å²) in [6.45, 7) is 2.39. The van der Waals surface area contributed by atoms with Crippen molar-refractivity contribution in [1.29, 1.82) is 0 Å². The topological polar surface area (TPSA) is 48.4 Å². The molecule has 0 fully saturated rings. The van der Waals surface area contributed by atoms with Crippen molar-refractivity contribution >= 4 is 6.29 Å². The molecule has 0 aromatic carbocycles. The lowest BCUT2D eigenvalue weighted by Gasteiger charge is -2.07. The maximum Gasteiger partial charge on any atom is 0.179 e. The number of carbonyl (C=O) groups excluding carboxylic acids is 1.